The molecule has 2 fully saturated rings. The Morgan fingerprint density at radius 1 is 1.25 bits per heavy atom. The molecule has 5 nitrogen and oxygen atoms in total. The van der Waals surface area contributed by atoms with E-state index in [2.05, 4.69) is 5.32 Å². The average Bonchev–Trinajstić information content (AvgIpc) is 2.98. The predicted octanol–water partition coefficient (Wildman–Crippen LogP) is 2.86. The Labute approximate surface area is 113 Å². The molecule has 2 aliphatic rings. The van der Waals surface area contributed by atoms with Crippen LogP contribution in [-0.4, -0.2) is 10.8 Å². The molecule has 0 saturated heterocycles. The highest BCUT2D eigenvalue weighted by Crippen LogP contribution is 2.54. The van der Waals surface area contributed by atoms with Crippen LogP contribution in [0.5, 0.6) is 0 Å². The minimum absolute atomic E-state index is 0.234. The van der Waals surface area contributed by atoms with Gasteiger partial charge < -0.3 is 5.32 Å². The third kappa shape index (κ3) is 2.23. The maximum Gasteiger partial charge on any atom is 0.298 e. The van der Waals surface area contributed by atoms with E-state index < -0.39 is 33.8 Å². The molecule has 1 N–H and O–H groups in total. The van der Waals surface area contributed by atoms with Gasteiger partial charge in [0.2, 0.25) is 5.91 Å². The number of nitro groups is 1. The van der Waals surface area contributed by atoms with Gasteiger partial charge in [-0.15, -0.1) is 0 Å². The predicted molar refractivity (Wildman–Crippen MR) is 66.0 cm³/mol. The van der Waals surface area contributed by atoms with Gasteiger partial charge in [-0.25, -0.2) is 8.78 Å². The van der Waals surface area contributed by atoms with E-state index in [4.69, 9.17) is 0 Å². The summed E-state index contributed by atoms with van der Waals surface area (Å²) in [5, 5.41) is 13.1. The van der Waals surface area contributed by atoms with Crippen LogP contribution in [-0.2, 0) is 4.79 Å². The first-order valence-corrected chi connectivity index (χ1v) is 6.40. The lowest BCUT2D eigenvalue weighted by atomic mass is 10.0. The SMILES string of the molecule is O=C(Nc1c(F)cc(F)cc1[N+](=O)[O-])C1CC2CC2C1. The number of nitro benzene ring substituents is 1. The van der Waals surface area contributed by atoms with Crippen LogP contribution in [0, 0.1) is 39.5 Å². The van der Waals surface area contributed by atoms with Crippen molar-refractivity contribution in [2.24, 2.45) is 17.8 Å². The molecule has 0 spiro atoms. The Morgan fingerprint density at radius 3 is 2.50 bits per heavy atom. The number of fused-ring (bicyclic) bond motifs is 1. The van der Waals surface area contributed by atoms with Crippen LogP contribution in [0.2, 0.25) is 0 Å². The van der Waals surface area contributed by atoms with Crippen molar-refractivity contribution >= 4 is 17.3 Å². The topological polar surface area (TPSA) is 72.2 Å². The first-order valence-electron chi connectivity index (χ1n) is 6.40. The lowest BCUT2D eigenvalue weighted by Crippen LogP contribution is -2.23. The molecular weight excluding hydrogens is 270 g/mol. The maximum atomic E-state index is 13.6. The summed E-state index contributed by atoms with van der Waals surface area (Å²) in [6.45, 7) is 0. The van der Waals surface area contributed by atoms with Gasteiger partial charge in [0.25, 0.3) is 5.69 Å². The molecule has 0 heterocycles. The van der Waals surface area contributed by atoms with Crippen LogP contribution < -0.4 is 5.32 Å². The number of nitrogens with zero attached hydrogens (tertiary/aromatic N) is 1. The summed E-state index contributed by atoms with van der Waals surface area (Å²) in [6.07, 6.45) is 2.62. The number of amides is 1. The number of benzene rings is 1. The fraction of sp³-hybridized carbons (Fsp3) is 0.462. The van der Waals surface area contributed by atoms with Gasteiger partial charge in [0.1, 0.15) is 5.82 Å². The van der Waals surface area contributed by atoms with Crippen LogP contribution >= 0.6 is 0 Å². The standard InChI is InChI=1S/C13H12F2N2O3/c14-9-4-10(15)12(11(5-9)17(19)20)16-13(18)8-2-6-1-7(6)3-8/h4-8H,1-3H2,(H,16,18). The minimum Gasteiger partial charge on any atom is -0.318 e. The summed E-state index contributed by atoms with van der Waals surface area (Å²) in [5.74, 6) is -1.70. The number of carbonyl (C=O) groups excluding carboxylic acids is 1. The van der Waals surface area contributed by atoms with Gasteiger partial charge in [-0.3, -0.25) is 14.9 Å². The number of hydrogen-bond donors (Lipinski definition) is 1. The highest BCUT2D eigenvalue weighted by molar-refractivity contribution is 5.95. The first kappa shape index (κ1) is 13.0. The van der Waals surface area contributed by atoms with Crippen LogP contribution in [0.1, 0.15) is 19.3 Å². The molecule has 1 amide bonds. The lowest BCUT2D eigenvalue weighted by molar-refractivity contribution is -0.384. The van der Waals surface area contributed by atoms with Crippen LogP contribution in [0.25, 0.3) is 0 Å². The molecule has 2 aliphatic carbocycles. The van der Waals surface area contributed by atoms with E-state index in [1.54, 1.807) is 0 Å². The summed E-state index contributed by atoms with van der Waals surface area (Å²) in [7, 11) is 0. The summed E-state index contributed by atoms with van der Waals surface area (Å²) < 4.78 is 26.7. The molecule has 1 aromatic rings. The summed E-state index contributed by atoms with van der Waals surface area (Å²) in [6, 6.07) is 1.12. The largest absolute Gasteiger partial charge is 0.318 e. The number of halogens is 2. The zero-order valence-electron chi connectivity index (χ0n) is 10.4. The van der Waals surface area contributed by atoms with E-state index in [9.17, 15) is 23.7 Å². The highest BCUT2D eigenvalue weighted by Gasteiger charge is 2.48. The van der Waals surface area contributed by atoms with Gasteiger partial charge in [0.15, 0.2) is 11.5 Å². The molecular formula is C13H12F2N2O3. The molecule has 0 aromatic heterocycles. The Bertz CT molecular complexity index is 596. The minimum atomic E-state index is -1.13. The molecule has 1 aromatic carbocycles. The van der Waals surface area contributed by atoms with E-state index in [1.807, 2.05) is 0 Å². The van der Waals surface area contributed by atoms with E-state index in [0.717, 1.165) is 19.3 Å². The summed E-state index contributed by atoms with van der Waals surface area (Å²) >= 11 is 0. The van der Waals surface area contributed by atoms with Crippen molar-refractivity contribution in [2.75, 3.05) is 5.32 Å². The van der Waals surface area contributed by atoms with Gasteiger partial charge in [-0.1, -0.05) is 0 Å². The highest BCUT2D eigenvalue weighted by atomic mass is 19.1. The number of rotatable bonds is 3. The van der Waals surface area contributed by atoms with E-state index in [0.29, 0.717) is 24.0 Å². The van der Waals surface area contributed by atoms with E-state index >= 15 is 0 Å². The molecule has 0 bridgehead atoms. The lowest BCUT2D eigenvalue weighted by Gasteiger charge is -2.13. The smallest absolute Gasteiger partial charge is 0.298 e. The second-order valence-corrected chi connectivity index (χ2v) is 5.45. The maximum absolute atomic E-state index is 13.6. The summed E-state index contributed by atoms with van der Waals surface area (Å²) in [4.78, 5) is 21.9. The molecule has 0 radical (unpaired) electrons. The molecule has 20 heavy (non-hydrogen) atoms. The van der Waals surface area contributed by atoms with Gasteiger partial charge >= 0.3 is 0 Å². The average molecular weight is 282 g/mol. The quantitative estimate of drug-likeness (QED) is 0.684. The van der Waals surface area contributed by atoms with Crippen molar-refractivity contribution in [3.8, 4) is 0 Å². The zero-order valence-corrected chi connectivity index (χ0v) is 10.4. The van der Waals surface area contributed by atoms with Crippen molar-refractivity contribution < 1.29 is 18.5 Å². The number of nitrogens with one attached hydrogen (secondary N) is 1. The molecule has 7 heteroatoms. The van der Waals surface area contributed by atoms with Crippen LogP contribution in [0.4, 0.5) is 20.2 Å². The molecule has 106 valence electrons. The van der Waals surface area contributed by atoms with Crippen molar-refractivity contribution in [3.63, 3.8) is 0 Å². The third-order valence-electron chi connectivity index (χ3n) is 4.09. The first-order chi connectivity index (χ1) is 9.45. The number of hydrogen-bond acceptors (Lipinski definition) is 3. The van der Waals surface area contributed by atoms with Crippen LogP contribution in [0.3, 0.4) is 0 Å². The zero-order chi connectivity index (χ0) is 14.4. The monoisotopic (exact) mass is 282 g/mol. The van der Waals surface area contributed by atoms with Gasteiger partial charge in [0, 0.05) is 12.0 Å². The Morgan fingerprint density at radius 2 is 1.90 bits per heavy atom. The van der Waals surface area contributed by atoms with Crippen molar-refractivity contribution in [1.82, 2.24) is 0 Å². The fourth-order valence-corrected chi connectivity index (χ4v) is 2.98. The normalized spacial score (nSPS) is 27.0. The van der Waals surface area contributed by atoms with Crippen molar-refractivity contribution in [2.45, 2.75) is 19.3 Å². The Hall–Kier alpha value is -2.05. The Kier molecular flexibility index (Phi) is 2.92. The Balaban J connectivity index is 1.82. The second kappa shape index (κ2) is 4.50. The van der Waals surface area contributed by atoms with Crippen LogP contribution in [0.15, 0.2) is 12.1 Å². The molecule has 0 aliphatic heterocycles. The third-order valence-corrected chi connectivity index (χ3v) is 4.09. The number of anilines is 1. The van der Waals surface area contributed by atoms with Gasteiger partial charge in [-0.05, 0) is 31.1 Å². The van der Waals surface area contributed by atoms with Crippen molar-refractivity contribution in [1.29, 1.82) is 0 Å². The van der Waals surface area contributed by atoms with Gasteiger partial charge in [0.05, 0.1) is 11.0 Å². The van der Waals surface area contributed by atoms with E-state index in [-0.39, 0.29) is 5.92 Å². The fourth-order valence-electron chi connectivity index (χ4n) is 2.98. The molecule has 2 atom stereocenters. The second-order valence-electron chi connectivity index (χ2n) is 5.45. The van der Waals surface area contributed by atoms with Crippen molar-refractivity contribution in [3.05, 3.63) is 33.9 Å². The van der Waals surface area contributed by atoms with E-state index in [1.165, 1.54) is 0 Å². The van der Waals surface area contributed by atoms with Gasteiger partial charge in [-0.2, -0.15) is 0 Å². The number of carbonyl (C=O) groups is 1. The molecule has 2 saturated carbocycles. The molecule has 2 unspecified atom stereocenters. The summed E-state index contributed by atoms with van der Waals surface area (Å²) in [5.41, 5.74) is -1.32. The molecule has 3 rings (SSSR count).